The molecule has 0 aromatic heterocycles. The lowest BCUT2D eigenvalue weighted by molar-refractivity contribution is -0.115. The molecule has 3 heteroatoms. The van der Waals surface area contributed by atoms with Gasteiger partial charge >= 0.3 is 0 Å². The lowest BCUT2D eigenvalue weighted by Crippen LogP contribution is -2.49. The standard InChI is InChI=1S/C12H23NO2/c1-9(2)11-7-12(14,5-6-15-11)8-13-10-3-4-10/h9-11,13-14H,3-8H2,1-2H3. The Morgan fingerprint density at radius 3 is 2.80 bits per heavy atom. The Kier molecular flexibility index (Phi) is 3.33. The molecule has 2 N–H and O–H groups in total. The highest BCUT2D eigenvalue weighted by molar-refractivity contribution is 4.92. The van der Waals surface area contributed by atoms with Crippen LogP contribution in [0.3, 0.4) is 0 Å². The first-order valence-corrected chi connectivity index (χ1v) is 6.16. The van der Waals surface area contributed by atoms with Crippen molar-refractivity contribution in [1.29, 1.82) is 0 Å². The first-order chi connectivity index (χ1) is 7.09. The fraction of sp³-hybridized carbons (Fsp3) is 1.00. The van der Waals surface area contributed by atoms with E-state index in [0.29, 0.717) is 18.6 Å². The van der Waals surface area contributed by atoms with Crippen LogP contribution in [-0.2, 0) is 4.74 Å². The van der Waals surface area contributed by atoms with E-state index in [4.69, 9.17) is 4.74 Å². The van der Waals surface area contributed by atoms with Gasteiger partial charge < -0.3 is 15.2 Å². The average Bonchev–Trinajstić information content (AvgIpc) is 2.98. The molecule has 0 radical (unpaired) electrons. The topological polar surface area (TPSA) is 41.5 Å². The van der Waals surface area contributed by atoms with Crippen molar-refractivity contribution in [3.05, 3.63) is 0 Å². The molecule has 0 aromatic carbocycles. The highest BCUT2D eigenvalue weighted by Gasteiger charge is 2.37. The highest BCUT2D eigenvalue weighted by atomic mass is 16.5. The summed E-state index contributed by atoms with van der Waals surface area (Å²) in [6.45, 7) is 5.76. The van der Waals surface area contributed by atoms with Crippen LogP contribution >= 0.6 is 0 Å². The van der Waals surface area contributed by atoms with Crippen molar-refractivity contribution in [2.75, 3.05) is 13.2 Å². The van der Waals surface area contributed by atoms with Crippen LogP contribution in [0, 0.1) is 5.92 Å². The Labute approximate surface area is 92.2 Å². The van der Waals surface area contributed by atoms with Crippen molar-refractivity contribution in [2.24, 2.45) is 5.92 Å². The fourth-order valence-corrected chi connectivity index (χ4v) is 2.15. The molecule has 1 heterocycles. The Morgan fingerprint density at radius 1 is 1.47 bits per heavy atom. The summed E-state index contributed by atoms with van der Waals surface area (Å²) < 4.78 is 5.67. The summed E-state index contributed by atoms with van der Waals surface area (Å²) in [7, 11) is 0. The van der Waals surface area contributed by atoms with Gasteiger partial charge in [0.25, 0.3) is 0 Å². The van der Waals surface area contributed by atoms with Crippen LogP contribution < -0.4 is 5.32 Å². The lowest BCUT2D eigenvalue weighted by atomic mass is 9.86. The minimum Gasteiger partial charge on any atom is -0.388 e. The summed E-state index contributed by atoms with van der Waals surface area (Å²) in [5, 5.41) is 13.8. The van der Waals surface area contributed by atoms with E-state index < -0.39 is 5.60 Å². The summed E-state index contributed by atoms with van der Waals surface area (Å²) in [6, 6.07) is 0.675. The zero-order valence-electron chi connectivity index (χ0n) is 9.83. The van der Waals surface area contributed by atoms with Crippen LogP contribution in [0.5, 0.6) is 0 Å². The third-order valence-electron chi connectivity index (χ3n) is 3.52. The van der Waals surface area contributed by atoms with Gasteiger partial charge in [-0.05, 0) is 18.8 Å². The Hall–Kier alpha value is -0.120. The second kappa shape index (κ2) is 4.40. The zero-order chi connectivity index (χ0) is 10.9. The van der Waals surface area contributed by atoms with Gasteiger partial charge in [-0.2, -0.15) is 0 Å². The first-order valence-electron chi connectivity index (χ1n) is 6.16. The second-order valence-electron chi connectivity index (χ2n) is 5.49. The van der Waals surface area contributed by atoms with Crippen LogP contribution in [0.1, 0.15) is 39.5 Å². The SMILES string of the molecule is CC(C)C1CC(O)(CNC2CC2)CCO1. The summed E-state index contributed by atoms with van der Waals surface area (Å²) in [6.07, 6.45) is 4.34. The quantitative estimate of drug-likeness (QED) is 0.739. The third-order valence-corrected chi connectivity index (χ3v) is 3.52. The fourth-order valence-electron chi connectivity index (χ4n) is 2.15. The molecule has 2 fully saturated rings. The molecule has 1 aliphatic heterocycles. The predicted octanol–water partition coefficient (Wildman–Crippen LogP) is 1.30. The number of ether oxygens (including phenoxy) is 1. The number of nitrogens with one attached hydrogen (secondary N) is 1. The molecule has 0 amide bonds. The minimum atomic E-state index is -0.532. The molecule has 0 aromatic rings. The van der Waals surface area contributed by atoms with E-state index in [1.54, 1.807) is 0 Å². The smallest absolute Gasteiger partial charge is 0.0818 e. The molecular formula is C12H23NO2. The largest absolute Gasteiger partial charge is 0.388 e. The van der Waals surface area contributed by atoms with Crippen LogP contribution in [-0.4, -0.2) is 36.0 Å². The van der Waals surface area contributed by atoms with Gasteiger partial charge in [-0.15, -0.1) is 0 Å². The molecule has 3 nitrogen and oxygen atoms in total. The molecule has 0 bridgehead atoms. The van der Waals surface area contributed by atoms with E-state index in [1.807, 2.05) is 0 Å². The van der Waals surface area contributed by atoms with Gasteiger partial charge in [0.2, 0.25) is 0 Å². The number of rotatable bonds is 4. The first kappa shape index (κ1) is 11.4. The summed E-state index contributed by atoms with van der Waals surface area (Å²) >= 11 is 0. The maximum atomic E-state index is 10.4. The van der Waals surface area contributed by atoms with E-state index in [1.165, 1.54) is 12.8 Å². The van der Waals surface area contributed by atoms with Gasteiger partial charge in [0.05, 0.1) is 11.7 Å². The van der Waals surface area contributed by atoms with Crippen molar-refractivity contribution in [3.63, 3.8) is 0 Å². The normalized spacial score (nSPS) is 37.2. The molecule has 1 saturated carbocycles. The van der Waals surface area contributed by atoms with Crippen molar-refractivity contribution in [2.45, 2.75) is 57.3 Å². The van der Waals surface area contributed by atoms with Gasteiger partial charge in [0, 0.05) is 32.0 Å². The van der Waals surface area contributed by atoms with Crippen molar-refractivity contribution in [3.8, 4) is 0 Å². The van der Waals surface area contributed by atoms with E-state index in [0.717, 1.165) is 19.4 Å². The van der Waals surface area contributed by atoms with Gasteiger partial charge in [0.1, 0.15) is 0 Å². The average molecular weight is 213 g/mol. The van der Waals surface area contributed by atoms with E-state index in [-0.39, 0.29) is 6.10 Å². The Morgan fingerprint density at radius 2 is 2.20 bits per heavy atom. The zero-order valence-corrected chi connectivity index (χ0v) is 9.83. The Balaban J connectivity index is 1.82. The molecule has 1 aliphatic carbocycles. The lowest BCUT2D eigenvalue weighted by Gasteiger charge is -2.38. The molecular weight excluding hydrogens is 190 g/mol. The summed E-state index contributed by atoms with van der Waals surface area (Å²) in [4.78, 5) is 0. The van der Waals surface area contributed by atoms with E-state index >= 15 is 0 Å². The molecule has 15 heavy (non-hydrogen) atoms. The van der Waals surface area contributed by atoms with Crippen LogP contribution in [0.2, 0.25) is 0 Å². The van der Waals surface area contributed by atoms with Crippen LogP contribution in [0.4, 0.5) is 0 Å². The summed E-state index contributed by atoms with van der Waals surface area (Å²) in [5.74, 6) is 0.498. The van der Waals surface area contributed by atoms with Crippen molar-refractivity contribution in [1.82, 2.24) is 5.32 Å². The number of hydrogen-bond donors (Lipinski definition) is 2. The van der Waals surface area contributed by atoms with E-state index in [2.05, 4.69) is 19.2 Å². The van der Waals surface area contributed by atoms with Crippen LogP contribution in [0.15, 0.2) is 0 Å². The monoisotopic (exact) mass is 213 g/mol. The molecule has 0 spiro atoms. The molecule has 2 unspecified atom stereocenters. The predicted molar refractivity (Wildman–Crippen MR) is 59.8 cm³/mol. The molecule has 2 atom stereocenters. The third kappa shape index (κ3) is 3.16. The second-order valence-corrected chi connectivity index (χ2v) is 5.49. The molecule has 1 saturated heterocycles. The number of hydrogen-bond acceptors (Lipinski definition) is 3. The van der Waals surface area contributed by atoms with Gasteiger partial charge in [0.15, 0.2) is 0 Å². The molecule has 2 rings (SSSR count). The molecule has 88 valence electrons. The minimum absolute atomic E-state index is 0.227. The maximum absolute atomic E-state index is 10.4. The summed E-state index contributed by atoms with van der Waals surface area (Å²) in [5.41, 5.74) is -0.532. The van der Waals surface area contributed by atoms with Gasteiger partial charge in [-0.3, -0.25) is 0 Å². The molecule has 2 aliphatic rings. The Bertz CT molecular complexity index is 216. The number of aliphatic hydroxyl groups is 1. The maximum Gasteiger partial charge on any atom is 0.0818 e. The van der Waals surface area contributed by atoms with Gasteiger partial charge in [-0.1, -0.05) is 13.8 Å². The van der Waals surface area contributed by atoms with Crippen molar-refractivity contribution < 1.29 is 9.84 Å². The van der Waals surface area contributed by atoms with Crippen LogP contribution in [0.25, 0.3) is 0 Å². The highest BCUT2D eigenvalue weighted by Crippen LogP contribution is 2.29. The van der Waals surface area contributed by atoms with Crippen molar-refractivity contribution >= 4 is 0 Å². The van der Waals surface area contributed by atoms with Gasteiger partial charge in [-0.25, -0.2) is 0 Å². The van der Waals surface area contributed by atoms with E-state index in [9.17, 15) is 5.11 Å².